The maximum atomic E-state index is 5.60. The first kappa shape index (κ1) is 50.5. The van der Waals surface area contributed by atoms with E-state index in [-0.39, 0.29) is 0 Å². The molecule has 0 aliphatic rings. The lowest BCUT2D eigenvalue weighted by Crippen LogP contribution is -2.16. The van der Waals surface area contributed by atoms with Gasteiger partial charge in [-0.1, -0.05) is 207 Å². The highest BCUT2D eigenvalue weighted by Gasteiger charge is 2.26. The van der Waals surface area contributed by atoms with Gasteiger partial charge >= 0.3 is 0 Å². The topological polar surface area (TPSA) is 41.1 Å². The number of aryl methyl sites for hydroxylation is 3. The fourth-order valence-electron chi connectivity index (χ4n) is 10.7. The third kappa shape index (κ3) is 11.6. The molecule has 9 aromatic rings. The minimum absolute atomic E-state index is 0.626. The average Bonchev–Trinajstić information content (AvgIpc) is 3.95. The van der Waals surface area contributed by atoms with E-state index in [0.717, 1.165) is 66.8 Å². The van der Waals surface area contributed by atoms with E-state index in [2.05, 4.69) is 217 Å². The number of nitrogens with zero attached hydrogens (tertiary/aromatic N) is 6. The van der Waals surface area contributed by atoms with Crippen LogP contribution in [0.3, 0.4) is 0 Å². The summed E-state index contributed by atoms with van der Waals surface area (Å²) in [4.78, 5) is 0. The first-order valence-corrected chi connectivity index (χ1v) is 27.2. The number of hydrogen-bond donors (Lipinski definition) is 0. The van der Waals surface area contributed by atoms with E-state index in [1.165, 1.54) is 117 Å². The van der Waals surface area contributed by atoms with Crippen LogP contribution in [0.2, 0.25) is 0 Å². The van der Waals surface area contributed by atoms with Crippen molar-refractivity contribution in [2.75, 3.05) is 10.0 Å². The van der Waals surface area contributed by atoms with Crippen LogP contribution < -0.4 is 10.0 Å². The second kappa shape index (κ2) is 24.8. The molecule has 0 radical (unpaired) electrons. The van der Waals surface area contributed by atoms with Crippen molar-refractivity contribution >= 4 is 79.6 Å². The number of unbranched alkanes of at least 4 members (excludes halogenated alkanes) is 8. The molecule has 0 spiro atoms. The van der Waals surface area contributed by atoms with Crippen molar-refractivity contribution in [1.82, 2.24) is 9.13 Å². The summed E-state index contributed by atoms with van der Waals surface area (Å²) < 4.78 is 5.37. The van der Waals surface area contributed by atoms with E-state index >= 15 is 0 Å². The Labute approximate surface area is 434 Å². The summed E-state index contributed by atoms with van der Waals surface area (Å²) in [5.74, 6) is 0. The molecule has 0 atom stereocenters. The van der Waals surface area contributed by atoms with Crippen LogP contribution in [-0.2, 0) is 32.6 Å². The Morgan fingerprint density at radius 2 is 0.945 bits per heavy atom. The lowest BCUT2D eigenvalue weighted by Gasteiger charge is -2.20. The highest BCUT2D eigenvalue weighted by Crippen LogP contribution is 2.44. The van der Waals surface area contributed by atoms with Gasteiger partial charge in [0, 0.05) is 51.2 Å². The van der Waals surface area contributed by atoms with Gasteiger partial charge in [-0.3, -0.25) is 10.0 Å². The molecule has 0 unspecified atom stereocenters. The smallest absolute Gasteiger partial charge is 0.0666 e. The molecule has 6 nitrogen and oxygen atoms in total. The SMILES string of the molecule is C=Cc1ccc(CN(/N=C\c2ccc3c(c2)c2c(CCCCC)c4c(c(/C=N/N(Cc5ccc(C=C)cc5)c5ccccc5)c2n3CCCCCC)c2ccccc2n4CCCCCC)c2ccccc2)cc1. The van der Waals surface area contributed by atoms with Crippen LogP contribution in [0.5, 0.6) is 0 Å². The van der Waals surface area contributed by atoms with E-state index in [4.69, 9.17) is 10.2 Å². The first-order valence-electron chi connectivity index (χ1n) is 27.2. The van der Waals surface area contributed by atoms with Gasteiger partial charge in [-0.2, -0.15) is 10.2 Å². The molecule has 9 rings (SSSR count). The number of rotatable bonds is 26. The first-order chi connectivity index (χ1) is 36.0. The summed E-state index contributed by atoms with van der Waals surface area (Å²) in [6.07, 6.45) is 22.1. The molecule has 372 valence electrons. The predicted molar refractivity (Wildman–Crippen MR) is 317 cm³/mol. The second-order valence-corrected chi connectivity index (χ2v) is 19.7. The predicted octanol–water partition coefficient (Wildman–Crippen LogP) is 18.2. The van der Waals surface area contributed by atoms with E-state index in [9.17, 15) is 0 Å². The average molecular weight is 963 g/mol. The van der Waals surface area contributed by atoms with Gasteiger partial charge in [-0.15, -0.1) is 0 Å². The Hall–Kier alpha value is -7.44. The molecule has 2 aromatic heterocycles. The summed E-state index contributed by atoms with van der Waals surface area (Å²) in [6.45, 7) is 18.1. The zero-order chi connectivity index (χ0) is 50.4. The van der Waals surface area contributed by atoms with Crippen molar-refractivity contribution in [3.05, 3.63) is 204 Å². The standard InChI is InChI=1S/C67H74N6/c1-6-11-14-25-44-70-62-33-24-23-31-58(62)64-61(48-69-73(57-29-21-17-22-30-57)50-54-40-36-52(10-5)37-41-54)67-65(59(66(64)70)32-18-13-8-3)60-46-55(42-43-63(60)71(67)45-26-15-12-7-2)47-68-72(56-27-19-16-20-28-56)49-53-38-34-51(9-4)35-39-53/h9-10,16-17,19-24,27-31,33-43,46-48H,4-8,11-15,18,25-26,32,44-45,49-50H2,1-3H3/b68-47-,69-48+. The monoisotopic (exact) mass is 963 g/mol. The number of aromatic nitrogens is 2. The molecular weight excluding hydrogens is 889 g/mol. The molecule has 6 heteroatoms. The lowest BCUT2D eigenvalue weighted by atomic mass is 9.93. The molecule has 7 aromatic carbocycles. The number of fused-ring (bicyclic) bond motifs is 6. The van der Waals surface area contributed by atoms with E-state index in [1.54, 1.807) is 0 Å². The summed E-state index contributed by atoms with van der Waals surface area (Å²) in [5.41, 5.74) is 15.7. The Kier molecular flexibility index (Phi) is 17.2. The van der Waals surface area contributed by atoms with Gasteiger partial charge in [-0.05, 0) is 102 Å². The highest BCUT2D eigenvalue weighted by atomic mass is 15.5. The van der Waals surface area contributed by atoms with Crippen molar-refractivity contribution in [2.24, 2.45) is 10.2 Å². The van der Waals surface area contributed by atoms with Crippen molar-refractivity contribution in [3.8, 4) is 0 Å². The van der Waals surface area contributed by atoms with Gasteiger partial charge in [0.2, 0.25) is 0 Å². The van der Waals surface area contributed by atoms with E-state index < -0.39 is 0 Å². The molecule has 0 N–H and O–H groups in total. The van der Waals surface area contributed by atoms with Crippen molar-refractivity contribution in [3.63, 3.8) is 0 Å². The van der Waals surface area contributed by atoms with Gasteiger partial charge in [0.25, 0.3) is 0 Å². The van der Waals surface area contributed by atoms with Crippen molar-refractivity contribution in [2.45, 2.75) is 124 Å². The van der Waals surface area contributed by atoms with Crippen LogP contribution in [0.1, 0.15) is 130 Å². The molecule has 0 bridgehead atoms. The normalized spacial score (nSPS) is 11.8. The minimum Gasteiger partial charge on any atom is -0.340 e. The van der Waals surface area contributed by atoms with Crippen LogP contribution in [0, 0.1) is 0 Å². The fourth-order valence-corrected chi connectivity index (χ4v) is 10.7. The third-order valence-corrected chi connectivity index (χ3v) is 14.5. The minimum atomic E-state index is 0.626. The molecule has 0 aliphatic carbocycles. The van der Waals surface area contributed by atoms with Gasteiger partial charge in [-0.25, -0.2) is 0 Å². The number of anilines is 2. The third-order valence-electron chi connectivity index (χ3n) is 14.5. The van der Waals surface area contributed by atoms with Gasteiger partial charge in [0.05, 0.1) is 47.9 Å². The number of para-hydroxylation sites is 3. The second-order valence-electron chi connectivity index (χ2n) is 19.7. The lowest BCUT2D eigenvalue weighted by molar-refractivity contribution is 0.600. The maximum Gasteiger partial charge on any atom is 0.0666 e. The Morgan fingerprint density at radius 1 is 0.452 bits per heavy atom. The molecule has 0 aliphatic heterocycles. The van der Waals surface area contributed by atoms with Gasteiger partial charge < -0.3 is 9.13 Å². The molecule has 0 saturated carbocycles. The molecule has 73 heavy (non-hydrogen) atoms. The molecular formula is C67H74N6. The van der Waals surface area contributed by atoms with Crippen LogP contribution >= 0.6 is 0 Å². The van der Waals surface area contributed by atoms with Crippen molar-refractivity contribution in [1.29, 1.82) is 0 Å². The number of hydrogen-bond acceptors (Lipinski definition) is 4. The van der Waals surface area contributed by atoms with E-state index in [1.807, 2.05) is 12.2 Å². The Morgan fingerprint density at radius 3 is 1.51 bits per heavy atom. The quantitative estimate of drug-likeness (QED) is 0.0308. The zero-order valence-electron chi connectivity index (χ0n) is 43.7. The number of hydrazone groups is 2. The summed E-state index contributed by atoms with van der Waals surface area (Å²) in [5, 5.41) is 20.4. The van der Waals surface area contributed by atoms with Crippen LogP contribution in [0.15, 0.2) is 175 Å². The van der Waals surface area contributed by atoms with Crippen LogP contribution in [0.4, 0.5) is 11.4 Å². The molecule has 0 amide bonds. The zero-order valence-corrected chi connectivity index (χ0v) is 43.7. The summed E-state index contributed by atoms with van der Waals surface area (Å²) in [7, 11) is 0. The van der Waals surface area contributed by atoms with Gasteiger partial charge in [0.1, 0.15) is 0 Å². The fraction of sp³-hybridized carbons (Fsp3) is 0.284. The van der Waals surface area contributed by atoms with E-state index in [0.29, 0.717) is 13.1 Å². The summed E-state index contributed by atoms with van der Waals surface area (Å²) >= 11 is 0. The Balaban J connectivity index is 1.31. The van der Waals surface area contributed by atoms with Crippen LogP contribution in [0.25, 0.3) is 55.8 Å². The number of benzene rings is 7. The molecule has 0 saturated heterocycles. The van der Waals surface area contributed by atoms with Crippen molar-refractivity contribution < 1.29 is 0 Å². The largest absolute Gasteiger partial charge is 0.340 e. The van der Waals surface area contributed by atoms with Crippen LogP contribution in [-0.4, -0.2) is 21.6 Å². The maximum absolute atomic E-state index is 5.60. The Bertz CT molecular complexity index is 3300. The molecule has 0 fully saturated rings. The van der Waals surface area contributed by atoms with Gasteiger partial charge in [0.15, 0.2) is 0 Å². The summed E-state index contributed by atoms with van der Waals surface area (Å²) in [6, 6.07) is 54.7. The highest BCUT2D eigenvalue weighted by molar-refractivity contribution is 6.27. The molecule has 2 heterocycles.